The Morgan fingerprint density at radius 1 is 1.12 bits per heavy atom. The van der Waals surface area contributed by atoms with Crippen LogP contribution in [0.3, 0.4) is 0 Å². The molecule has 122 valence electrons. The zero-order chi connectivity index (χ0) is 16.4. The van der Waals surface area contributed by atoms with Crippen LogP contribution in [0.2, 0.25) is 0 Å². The molecule has 0 spiro atoms. The van der Waals surface area contributed by atoms with E-state index in [-0.39, 0.29) is 12.1 Å². The van der Waals surface area contributed by atoms with Crippen molar-refractivity contribution in [1.29, 1.82) is 0 Å². The highest BCUT2D eigenvalue weighted by Crippen LogP contribution is 2.24. The van der Waals surface area contributed by atoms with Crippen molar-refractivity contribution in [3.05, 3.63) is 41.2 Å². The summed E-state index contributed by atoms with van der Waals surface area (Å²) in [5.41, 5.74) is 3.76. The van der Waals surface area contributed by atoms with Gasteiger partial charge in [-0.2, -0.15) is 11.3 Å². The summed E-state index contributed by atoms with van der Waals surface area (Å²) in [7, 11) is 0. The maximum absolute atomic E-state index is 12.1. The fourth-order valence-corrected chi connectivity index (χ4v) is 3.74. The molecule has 5 nitrogen and oxygen atoms in total. The lowest BCUT2D eigenvalue weighted by Crippen LogP contribution is -2.36. The lowest BCUT2D eigenvalue weighted by Gasteiger charge is -2.12. The standard InChI is InChI=1S/C18H18N4OS/c23-18(20-14-3-1-2-4-14)22-17-6-5-15-16(21-17)9-13(10-19-15)12-7-8-24-11-12/h5-11,14H,1-4H2,(H2,20,21,22,23). The molecule has 0 aromatic carbocycles. The van der Waals surface area contributed by atoms with Crippen LogP contribution in [-0.4, -0.2) is 22.0 Å². The number of fused-ring (bicyclic) bond motifs is 1. The lowest BCUT2D eigenvalue weighted by atomic mass is 10.1. The van der Waals surface area contributed by atoms with E-state index in [0.29, 0.717) is 5.82 Å². The molecule has 1 saturated carbocycles. The van der Waals surface area contributed by atoms with Crippen LogP contribution in [-0.2, 0) is 0 Å². The largest absolute Gasteiger partial charge is 0.335 e. The molecule has 0 bridgehead atoms. The van der Waals surface area contributed by atoms with Crippen LogP contribution in [0.4, 0.5) is 10.6 Å². The van der Waals surface area contributed by atoms with Crippen molar-refractivity contribution in [2.24, 2.45) is 0 Å². The Labute approximate surface area is 144 Å². The zero-order valence-corrected chi connectivity index (χ0v) is 14.0. The summed E-state index contributed by atoms with van der Waals surface area (Å²) in [5, 5.41) is 9.96. The highest BCUT2D eigenvalue weighted by atomic mass is 32.1. The van der Waals surface area contributed by atoms with Gasteiger partial charge in [-0.1, -0.05) is 12.8 Å². The highest BCUT2D eigenvalue weighted by molar-refractivity contribution is 7.08. The number of anilines is 1. The molecule has 0 atom stereocenters. The maximum atomic E-state index is 12.1. The third kappa shape index (κ3) is 3.23. The Bertz CT molecular complexity index is 857. The van der Waals surface area contributed by atoms with Gasteiger partial charge < -0.3 is 5.32 Å². The van der Waals surface area contributed by atoms with Gasteiger partial charge in [0.05, 0.1) is 11.0 Å². The number of carbonyl (C=O) groups is 1. The molecular formula is C18H18N4OS. The van der Waals surface area contributed by atoms with E-state index in [9.17, 15) is 4.79 Å². The van der Waals surface area contributed by atoms with Gasteiger partial charge in [-0.15, -0.1) is 0 Å². The van der Waals surface area contributed by atoms with Crippen LogP contribution in [0.15, 0.2) is 41.2 Å². The average Bonchev–Trinajstić information content (AvgIpc) is 3.27. The van der Waals surface area contributed by atoms with Gasteiger partial charge in [-0.05, 0) is 53.4 Å². The second kappa shape index (κ2) is 6.57. The Balaban J connectivity index is 1.54. The van der Waals surface area contributed by atoms with Gasteiger partial charge in [0.15, 0.2) is 0 Å². The topological polar surface area (TPSA) is 66.9 Å². The van der Waals surface area contributed by atoms with Crippen LogP contribution < -0.4 is 10.6 Å². The number of pyridine rings is 2. The summed E-state index contributed by atoms with van der Waals surface area (Å²) in [5.74, 6) is 0.544. The molecule has 6 heteroatoms. The first-order valence-electron chi connectivity index (χ1n) is 8.15. The monoisotopic (exact) mass is 338 g/mol. The Morgan fingerprint density at radius 2 is 2.00 bits per heavy atom. The molecule has 3 heterocycles. The molecule has 0 aliphatic heterocycles. The van der Waals surface area contributed by atoms with E-state index in [4.69, 9.17) is 0 Å². The number of urea groups is 1. The van der Waals surface area contributed by atoms with Crippen molar-refractivity contribution >= 4 is 34.2 Å². The van der Waals surface area contributed by atoms with Gasteiger partial charge in [0.25, 0.3) is 0 Å². The molecule has 2 amide bonds. The fraction of sp³-hybridized carbons (Fsp3) is 0.278. The molecule has 3 aromatic rings. The summed E-state index contributed by atoms with van der Waals surface area (Å²) in [6.45, 7) is 0. The van der Waals surface area contributed by atoms with Gasteiger partial charge in [0.2, 0.25) is 0 Å². The second-order valence-corrected chi connectivity index (χ2v) is 6.83. The molecule has 3 aromatic heterocycles. The summed E-state index contributed by atoms with van der Waals surface area (Å²) >= 11 is 1.65. The minimum absolute atomic E-state index is 0.185. The quantitative estimate of drug-likeness (QED) is 0.743. The number of rotatable bonds is 3. The number of nitrogens with one attached hydrogen (secondary N) is 2. The number of hydrogen-bond donors (Lipinski definition) is 2. The van der Waals surface area contributed by atoms with E-state index in [1.165, 1.54) is 12.8 Å². The van der Waals surface area contributed by atoms with Crippen LogP contribution >= 0.6 is 11.3 Å². The van der Waals surface area contributed by atoms with E-state index in [1.807, 2.05) is 23.7 Å². The summed E-state index contributed by atoms with van der Waals surface area (Å²) in [6.07, 6.45) is 6.36. The minimum atomic E-state index is -0.185. The van der Waals surface area contributed by atoms with Crippen LogP contribution in [0.5, 0.6) is 0 Å². The molecule has 1 aliphatic rings. The smallest absolute Gasteiger partial charge is 0.320 e. The van der Waals surface area contributed by atoms with E-state index in [1.54, 1.807) is 17.4 Å². The van der Waals surface area contributed by atoms with Gasteiger partial charge in [-0.25, -0.2) is 9.78 Å². The molecule has 0 radical (unpaired) electrons. The van der Waals surface area contributed by atoms with Gasteiger partial charge >= 0.3 is 6.03 Å². The summed E-state index contributed by atoms with van der Waals surface area (Å²) < 4.78 is 0. The SMILES string of the molecule is O=C(Nc1ccc2ncc(-c3ccsc3)cc2n1)NC1CCCC1. The van der Waals surface area contributed by atoms with E-state index >= 15 is 0 Å². The first-order chi connectivity index (χ1) is 11.8. The van der Waals surface area contributed by atoms with Crippen LogP contribution in [0.25, 0.3) is 22.2 Å². The van der Waals surface area contributed by atoms with Gasteiger partial charge in [0.1, 0.15) is 5.82 Å². The zero-order valence-electron chi connectivity index (χ0n) is 13.2. The highest BCUT2D eigenvalue weighted by Gasteiger charge is 2.17. The number of thiophene rings is 1. The maximum Gasteiger partial charge on any atom is 0.320 e. The minimum Gasteiger partial charge on any atom is -0.335 e. The van der Waals surface area contributed by atoms with Crippen molar-refractivity contribution < 1.29 is 4.79 Å². The molecule has 4 rings (SSSR count). The normalized spacial score (nSPS) is 14.8. The third-order valence-electron chi connectivity index (χ3n) is 4.32. The van der Waals surface area contributed by atoms with Crippen molar-refractivity contribution in [2.75, 3.05) is 5.32 Å². The predicted octanol–water partition coefficient (Wildman–Crippen LogP) is 4.42. The molecule has 1 aliphatic carbocycles. The first kappa shape index (κ1) is 15.1. The molecule has 0 saturated heterocycles. The number of carbonyl (C=O) groups excluding carboxylic acids is 1. The Hall–Kier alpha value is -2.47. The van der Waals surface area contributed by atoms with E-state index in [2.05, 4.69) is 32.0 Å². The molecular weight excluding hydrogens is 320 g/mol. The molecule has 1 fully saturated rings. The number of aromatic nitrogens is 2. The first-order valence-corrected chi connectivity index (χ1v) is 9.09. The van der Waals surface area contributed by atoms with Crippen molar-refractivity contribution in [3.8, 4) is 11.1 Å². The van der Waals surface area contributed by atoms with Crippen molar-refractivity contribution in [1.82, 2.24) is 15.3 Å². The Morgan fingerprint density at radius 3 is 2.79 bits per heavy atom. The van der Waals surface area contributed by atoms with Gasteiger partial charge in [0, 0.05) is 17.8 Å². The lowest BCUT2D eigenvalue weighted by molar-refractivity contribution is 0.248. The van der Waals surface area contributed by atoms with E-state index < -0.39 is 0 Å². The van der Waals surface area contributed by atoms with Crippen LogP contribution in [0, 0.1) is 0 Å². The fourth-order valence-electron chi connectivity index (χ4n) is 3.07. The number of nitrogens with zero attached hydrogens (tertiary/aromatic N) is 2. The number of amides is 2. The van der Waals surface area contributed by atoms with Gasteiger partial charge in [-0.3, -0.25) is 10.3 Å². The molecule has 2 N–H and O–H groups in total. The molecule has 24 heavy (non-hydrogen) atoms. The van der Waals surface area contributed by atoms with Crippen molar-refractivity contribution in [2.45, 2.75) is 31.7 Å². The number of hydrogen-bond acceptors (Lipinski definition) is 4. The summed E-state index contributed by atoms with van der Waals surface area (Å²) in [4.78, 5) is 21.1. The second-order valence-electron chi connectivity index (χ2n) is 6.05. The molecule has 0 unspecified atom stereocenters. The summed E-state index contributed by atoms with van der Waals surface area (Å²) in [6, 6.07) is 7.83. The Kier molecular flexibility index (Phi) is 4.13. The van der Waals surface area contributed by atoms with E-state index in [0.717, 1.165) is 35.0 Å². The average molecular weight is 338 g/mol. The van der Waals surface area contributed by atoms with Crippen LogP contribution in [0.1, 0.15) is 25.7 Å². The van der Waals surface area contributed by atoms with Crippen molar-refractivity contribution in [3.63, 3.8) is 0 Å². The predicted molar refractivity (Wildman–Crippen MR) is 97.3 cm³/mol. The third-order valence-corrected chi connectivity index (χ3v) is 5.01.